The normalized spacial score (nSPS) is 11.8. The van der Waals surface area contributed by atoms with Crippen molar-refractivity contribution in [2.45, 2.75) is 37.8 Å². The Labute approximate surface area is 254 Å². The van der Waals surface area contributed by atoms with Crippen molar-refractivity contribution in [3.05, 3.63) is 126 Å². The van der Waals surface area contributed by atoms with Gasteiger partial charge in [-0.15, -0.1) is 0 Å². The van der Waals surface area contributed by atoms with Crippen LogP contribution in [-0.4, -0.2) is 51.4 Å². The lowest BCUT2D eigenvalue weighted by molar-refractivity contribution is -0.139. The van der Waals surface area contributed by atoms with Crippen molar-refractivity contribution in [1.29, 1.82) is 0 Å². The van der Waals surface area contributed by atoms with Gasteiger partial charge in [0.05, 0.1) is 17.2 Å². The molecular formula is C34H37N3O5S. The second-order valence-electron chi connectivity index (χ2n) is 10.1. The Morgan fingerprint density at radius 3 is 2.00 bits per heavy atom. The molecule has 0 heterocycles. The highest BCUT2D eigenvalue weighted by molar-refractivity contribution is 7.92. The van der Waals surface area contributed by atoms with Gasteiger partial charge in [0.2, 0.25) is 11.8 Å². The van der Waals surface area contributed by atoms with Crippen LogP contribution in [0.15, 0.2) is 114 Å². The predicted octanol–water partition coefficient (Wildman–Crippen LogP) is 4.98. The smallest absolute Gasteiger partial charge is 0.264 e. The standard InChI is InChI=1S/C34H37N3O5S/c1-4-42-30-21-19-29(20-22-30)37(43(40,41)31-13-9-6-10-14-31)25-33(38)36(24-28-17-15-26(2)16-18-28)32(34(39)35-3)23-27-11-7-5-8-12-27/h5-22,32H,4,23-25H2,1-3H3,(H,35,39)/t32-/m0/s1. The number of aryl methyl sites for hydroxylation is 1. The first-order chi connectivity index (χ1) is 20.7. The number of hydrogen-bond donors (Lipinski definition) is 1. The van der Waals surface area contributed by atoms with Crippen LogP contribution >= 0.6 is 0 Å². The van der Waals surface area contributed by atoms with E-state index in [0.717, 1.165) is 21.0 Å². The van der Waals surface area contributed by atoms with Crippen LogP contribution in [0.3, 0.4) is 0 Å². The van der Waals surface area contributed by atoms with E-state index < -0.39 is 28.5 Å². The molecule has 224 valence electrons. The van der Waals surface area contributed by atoms with Gasteiger partial charge in [0.15, 0.2) is 0 Å². The largest absolute Gasteiger partial charge is 0.494 e. The number of carbonyl (C=O) groups is 2. The van der Waals surface area contributed by atoms with Crippen molar-refractivity contribution in [2.75, 3.05) is 24.5 Å². The van der Waals surface area contributed by atoms with Gasteiger partial charge in [-0.05, 0) is 61.4 Å². The molecule has 0 spiro atoms. The highest BCUT2D eigenvalue weighted by Gasteiger charge is 2.34. The Kier molecular flexibility index (Phi) is 10.6. The number of nitrogens with one attached hydrogen (secondary N) is 1. The van der Waals surface area contributed by atoms with Crippen LogP contribution in [0, 0.1) is 6.92 Å². The van der Waals surface area contributed by atoms with Gasteiger partial charge in [0.1, 0.15) is 18.3 Å². The number of rotatable bonds is 13. The molecular weight excluding hydrogens is 562 g/mol. The first-order valence-corrected chi connectivity index (χ1v) is 15.6. The second-order valence-corrected chi connectivity index (χ2v) is 11.9. The molecule has 0 aliphatic rings. The summed E-state index contributed by atoms with van der Waals surface area (Å²) in [6, 6.07) is 30.8. The van der Waals surface area contributed by atoms with E-state index in [0.29, 0.717) is 18.0 Å². The highest BCUT2D eigenvalue weighted by Crippen LogP contribution is 2.27. The minimum Gasteiger partial charge on any atom is -0.494 e. The van der Waals surface area contributed by atoms with Crippen LogP contribution in [0.1, 0.15) is 23.6 Å². The van der Waals surface area contributed by atoms with Gasteiger partial charge in [-0.2, -0.15) is 0 Å². The first-order valence-electron chi connectivity index (χ1n) is 14.1. The summed E-state index contributed by atoms with van der Waals surface area (Å²) in [6.45, 7) is 3.89. The topological polar surface area (TPSA) is 96.0 Å². The van der Waals surface area contributed by atoms with Crippen LogP contribution < -0.4 is 14.4 Å². The fraction of sp³-hybridized carbons (Fsp3) is 0.235. The quantitative estimate of drug-likeness (QED) is 0.234. The Morgan fingerprint density at radius 2 is 1.42 bits per heavy atom. The average Bonchev–Trinajstić information content (AvgIpc) is 3.03. The number of carbonyl (C=O) groups excluding carboxylic acids is 2. The van der Waals surface area contributed by atoms with Gasteiger partial charge in [-0.25, -0.2) is 8.42 Å². The van der Waals surface area contributed by atoms with Crippen LogP contribution in [0.5, 0.6) is 5.75 Å². The van der Waals surface area contributed by atoms with Crippen molar-refractivity contribution in [3.63, 3.8) is 0 Å². The molecule has 9 heteroatoms. The predicted molar refractivity (Wildman–Crippen MR) is 168 cm³/mol. The molecule has 1 atom stereocenters. The summed E-state index contributed by atoms with van der Waals surface area (Å²) in [4.78, 5) is 29.2. The molecule has 43 heavy (non-hydrogen) atoms. The summed E-state index contributed by atoms with van der Waals surface area (Å²) in [6.07, 6.45) is 0.257. The average molecular weight is 600 g/mol. The van der Waals surface area contributed by atoms with E-state index in [-0.39, 0.29) is 23.8 Å². The molecule has 0 radical (unpaired) electrons. The maximum Gasteiger partial charge on any atom is 0.264 e. The lowest BCUT2D eigenvalue weighted by Crippen LogP contribution is -2.53. The molecule has 0 unspecified atom stereocenters. The number of benzene rings is 4. The van der Waals surface area contributed by atoms with Gasteiger partial charge >= 0.3 is 0 Å². The van der Waals surface area contributed by atoms with Gasteiger partial charge in [-0.1, -0.05) is 78.4 Å². The van der Waals surface area contributed by atoms with Crippen LogP contribution in [-0.2, 0) is 32.6 Å². The van der Waals surface area contributed by atoms with Crippen LogP contribution in [0.4, 0.5) is 5.69 Å². The van der Waals surface area contributed by atoms with Gasteiger partial charge < -0.3 is 15.0 Å². The van der Waals surface area contributed by atoms with E-state index in [2.05, 4.69) is 5.32 Å². The van der Waals surface area contributed by atoms with E-state index in [1.54, 1.807) is 42.5 Å². The molecule has 0 saturated carbocycles. The molecule has 0 bridgehead atoms. The summed E-state index contributed by atoms with van der Waals surface area (Å²) < 4.78 is 34.6. The fourth-order valence-corrected chi connectivity index (χ4v) is 6.17. The van der Waals surface area contributed by atoms with Crippen molar-refractivity contribution in [1.82, 2.24) is 10.2 Å². The number of ether oxygens (including phenoxy) is 1. The minimum atomic E-state index is -4.15. The third kappa shape index (κ3) is 8.02. The molecule has 4 aromatic rings. The monoisotopic (exact) mass is 599 g/mol. The van der Waals surface area contributed by atoms with E-state index in [9.17, 15) is 18.0 Å². The number of anilines is 1. The lowest BCUT2D eigenvalue weighted by Gasteiger charge is -2.33. The molecule has 0 aliphatic heterocycles. The van der Waals surface area contributed by atoms with Crippen LogP contribution in [0.25, 0.3) is 0 Å². The zero-order valence-electron chi connectivity index (χ0n) is 24.6. The summed E-state index contributed by atoms with van der Waals surface area (Å²) in [5.41, 5.74) is 3.05. The van der Waals surface area contributed by atoms with Crippen LogP contribution in [0.2, 0.25) is 0 Å². The third-order valence-electron chi connectivity index (χ3n) is 7.04. The summed E-state index contributed by atoms with van der Waals surface area (Å²) in [5.74, 6) is -0.278. The number of amides is 2. The Bertz CT molecular complexity index is 1590. The highest BCUT2D eigenvalue weighted by atomic mass is 32.2. The van der Waals surface area contributed by atoms with Gasteiger partial charge in [0.25, 0.3) is 10.0 Å². The third-order valence-corrected chi connectivity index (χ3v) is 8.82. The molecule has 4 aromatic carbocycles. The fourth-order valence-electron chi connectivity index (χ4n) is 4.73. The number of sulfonamides is 1. The van der Waals surface area contributed by atoms with E-state index in [4.69, 9.17) is 4.74 Å². The Balaban J connectivity index is 1.77. The summed E-state index contributed by atoms with van der Waals surface area (Å²) >= 11 is 0. The molecule has 0 aliphatic carbocycles. The maximum absolute atomic E-state index is 14.3. The minimum absolute atomic E-state index is 0.0499. The van der Waals surface area contributed by atoms with E-state index >= 15 is 0 Å². The second kappa shape index (κ2) is 14.5. The zero-order valence-corrected chi connectivity index (χ0v) is 25.5. The molecule has 0 aromatic heterocycles. The van der Waals surface area contributed by atoms with Gasteiger partial charge in [-0.3, -0.25) is 13.9 Å². The Hall–Kier alpha value is -4.63. The number of nitrogens with zero attached hydrogens (tertiary/aromatic N) is 2. The summed E-state index contributed by atoms with van der Waals surface area (Å²) in [5, 5.41) is 2.70. The molecule has 0 saturated heterocycles. The molecule has 2 amide bonds. The Morgan fingerprint density at radius 1 is 0.814 bits per heavy atom. The van der Waals surface area contributed by atoms with Gasteiger partial charge in [0, 0.05) is 20.0 Å². The molecule has 4 rings (SSSR count). The zero-order chi connectivity index (χ0) is 30.8. The van der Waals surface area contributed by atoms with Crippen molar-refractivity contribution in [3.8, 4) is 5.75 Å². The van der Waals surface area contributed by atoms with E-state index in [1.807, 2.05) is 68.4 Å². The number of hydrogen-bond acceptors (Lipinski definition) is 5. The van der Waals surface area contributed by atoms with Crippen molar-refractivity contribution < 1.29 is 22.7 Å². The van der Waals surface area contributed by atoms with E-state index in [1.165, 1.54) is 24.1 Å². The summed E-state index contributed by atoms with van der Waals surface area (Å²) in [7, 11) is -2.62. The molecule has 8 nitrogen and oxygen atoms in total. The number of likely N-dealkylation sites (N-methyl/N-ethyl adjacent to an activating group) is 1. The molecule has 0 fully saturated rings. The molecule has 1 N–H and O–H groups in total. The lowest BCUT2D eigenvalue weighted by atomic mass is 10.0. The first kappa shape index (κ1) is 31.3. The van der Waals surface area contributed by atoms with Crippen molar-refractivity contribution >= 4 is 27.5 Å². The van der Waals surface area contributed by atoms with Crippen molar-refractivity contribution in [2.24, 2.45) is 0 Å². The maximum atomic E-state index is 14.3. The SMILES string of the molecule is CCOc1ccc(N(CC(=O)N(Cc2ccc(C)cc2)[C@@H](Cc2ccccc2)C(=O)NC)S(=O)(=O)c2ccccc2)cc1.